The molecule has 0 amide bonds. The molecule has 28 heavy (non-hydrogen) atoms. The van der Waals surface area contributed by atoms with Crippen LogP contribution in [0.25, 0.3) is 0 Å². The summed E-state index contributed by atoms with van der Waals surface area (Å²) in [5.74, 6) is 0.0890. The first kappa shape index (κ1) is 23.2. The van der Waals surface area contributed by atoms with E-state index in [2.05, 4.69) is 41.5 Å². The molecule has 0 N–H and O–H groups in total. The molecule has 3 atom stereocenters. The van der Waals surface area contributed by atoms with Gasteiger partial charge in [0.2, 0.25) is 0 Å². The molecule has 0 unspecified atom stereocenters. The first-order valence-electron chi connectivity index (χ1n) is 10.7. The molecule has 0 aromatic heterocycles. The number of Topliss-reactive ketones (excluding diaryl/α,β-unsaturated/α-hetero) is 1. The molecule has 5 heteroatoms. The van der Waals surface area contributed by atoms with Crippen LogP contribution in [0, 0.1) is 5.41 Å². The Labute approximate surface area is 171 Å². The van der Waals surface area contributed by atoms with Crippen molar-refractivity contribution in [2.24, 2.45) is 5.41 Å². The van der Waals surface area contributed by atoms with Crippen molar-refractivity contribution in [3.63, 3.8) is 0 Å². The molecule has 1 heterocycles. The second-order valence-corrected chi connectivity index (χ2v) is 14.1. The van der Waals surface area contributed by atoms with Crippen molar-refractivity contribution in [2.75, 3.05) is 0 Å². The van der Waals surface area contributed by atoms with Crippen LogP contribution in [0.5, 0.6) is 0 Å². The van der Waals surface area contributed by atoms with E-state index in [1.807, 2.05) is 0 Å². The van der Waals surface area contributed by atoms with E-state index in [0.717, 1.165) is 31.0 Å². The minimum atomic E-state index is -1.67. The topological polar surface area (TPSA) is 55.9 Å². The number of fused-ring (bicyclic) bond motifs is 1. The standard InChI is InChI=1S/C23H38O4Si/c1-8-28(9-2,10-3)26-19-15-21(5,6)23(22(7,16-19)27-23)17-20(25)18(4)13-11-12-14-24/h11-14,19H,8-10,15-17H2,1-7H3/b12-11+,18-13+/t19-,22+,23-/m0/s1. The van der Waals surface area contributed by atoms with Gasteiger partial charge in [0.25, 0.3) is 0 Å². The number of epoxide rings is 1. The summed E-state index contributed by atoms with van der Waals surface area (Å²) in [5.41, 5.74) is -0.193. The fraction of sp³-hybridized carbons (Fsp3) is 0.739. The predicted octanol–water partition coefficient (Wildman–Crippen LogP) is 5.39. The highest BCUT2D eigenvalue weighted by Gasteiger charge is 2.76. The lowest BCUT2D eigenvalue weighted by atomic mass is 9.61. The Bertz CT molecular complexity index is 653. The summed E-state index contributed by atoms with van der Waals surface area (Å²) in [5, 5.41) is 0. The van der Waals surface area contributed by atoms with Gasteiger partial charge in [0, 0.05) is 18.9 Å². The van der Waals surface area contributed by atoms with E-state index < -0.39 is 13.9 Å². The van der Waals surface area contributed by atoms with Crippen LogP contribution in [-0.4, -0.2) is 37.7 Å². The highest BCUT2D eigenvalue weighted by atomic mass is 28.4. The van der Waals surface area contributed by atoms with Gasteiger partial charge in [-0.3, -0.25) is 9.59 Å². The van der Waals surface area contributed by atoms with Crippen molar-refractivity contribution < 1.29 is 18.8 Å². The molecule has 1 saturated carbocycles. The number of carbonyl (C=O) groups is 2. The maximum absolute atomic E-state index is 12.8. The van der Waals surface area contributed by atoms with Crippen LogP contribution in [0.2, 0.25) is 18.1 Å². The molecule has 0 aromatic carbocycles. The van der Waals surface area contributed by atoms with Gasteiger partial charge in [-0.2, -0.15) is 0 Å². The summed E-state index contributed by atoms with van der Waals surface area (Å²) in [6.45, 7) is 15.2. The smallest absolute Gasteiger partial charge is 0.192 e. The lowest BCUT2D eigenvalue weighted by Gasteiger charge is -2.44. The Morgan fingerprint density at radius 3 is 2.21 bits per heavy atom. The lowest BCUT2D eigenvalue weighted by Crippen LogP contribution is -2.52. The predicted molar refractivity (Wildman–Crippen MR) is 116 cm³/mol. The quantitative estimate of drug-likeness (QED) is 0.161. The van der Waals surface area contributed by atoms with E-state index in [-0.39, 0.29) is 22.9 Å². The van der Waals surface area contributed by atoms with Gasteiger partial charge in [0.1, 0.15) is 11.9 Å². The third kappa shape index (κ3) is 4.12. The fourth-order valence-electron chi connectivity index (χ4n) is 5.26. The second kappa shape index (κ2) is 8.37. The normalized spacial score (nSPS) is 32.2. The van der Waals surface area contributed by atoms with Crippen LogP contribution in [0.4, 0.5) is 0 Å². The Morgan fingerprint density at radius 1 is 1.11 bits per heavy atom. The van der Waals surface area contributed by atoms with E-state index in [1.54, 1.807) is 19.1 Å². The number of allylic oxidation sites excluding steroid dienone is 4. The molecule has 2 rings (SSSR count). The van der Waals surface area contributed by atoms with Gasteiger partial charge < -0.3 is 9.16 Å². The van der Waals surface area contributed by atoms with E-state index in [9.17, 15) is 9.59 Å². The number of carbonyl (C=O) groups excluding carboxylic acids is 2. The van der Waals surface area contributed by atoms with Crippen LogP contribution >= 0.6 is 0 Å². The molecular formula is C23H38O4Si. The summed E-state index contributed by atoms with van der Waals surface area (Å²) >= 11 is 0. The maximum atomic E-state index is 12.8. The molecule has 2 fully saturated rings. The number of hydrogen-bond acceptors (Lipinski definition) is 4. The zero-order valence-electron chi connectivity index (χ0n) is 18.8. The lowest BCUT2D eigenvalue weighted by molar-refractivity contribution is -0.118. The van der Waals surface area contributed by atoms with E-state index in [0.29, 0.717) is 18.3 Å². The minimum Gasteiger partial charge on any atom is -0.414 e. The zero-order chi connectivity index (χ0) is 21.2. The molecule has 0 radical (unpaired) electrons. The van der Waals surface area contributed by atoms with Crippen molar-refractivity contribution in [3.05, 3.63) is 23.8 Å². The van der Waals surface area contributed by atoms with Gasteiger partial charge in [-0.15, -0.1) is 0 Å². The Balaban J connectivity index is 2.16. The van der Waals surface area contributed by atoms with Crippen molar-refractivity contribution in [3.8, 4) is 0 Å². The van der Waals surface area contributed by atoms with Crippen LogP contribution in [0.1, 0.15) is 67.7 Å². The van der Waals surface area contributed by atoms with Gasteiger partial charge in [0.05, 0.1) is 5.60 Å². The van der Waals surface area contributed by atoms with Crippen molar-refractivity contribution in [1.29, 1.82) is 0 Å². The average molecular weight is 407 g/mol. The molecule has 0 spiro atoms. The SMILES string of the molecule is CC[Si](CC)(CC)O[C@H]1CC(C)(C)[C@]2(CC(=O)/C(C)=C/C=C/C=O)O[C@]2(C)C1. The first-order valence-corrected chi connectivity index (χ1v) is 13.3. The molecule has 1 aliphatic heterocycles. The number of ether oxygens (including phenoxy) is 1. The molecule has 1 aliphatic carbocycles. The fourth-order valence-corrected chi connectivity index (χ4v) is 8.14. The van der Waals surface area contributed by atoms with E-state index >= 15 is 0 Å². The minimum absolute atomic E-state index is 0.0890. The number of ketones is 1. The van der Waals surface area contributed by atoms with Crippen LogP contribution in [0.3, 0.4) is 0 Å². The molecule has 158 valence electrons. The third-order valence-corrected chi connectivity index (χ3v) is 12.1. The Hall–Kier alpha value is -1.04. The van der Waals surface area contributed by atoms with Gasteiger partial charge in [-0.05, 0) is 55.5 Å². The van der Waals surface area contributed by atoms with Crippen LogP contribution < -0.4 is 0 Å². The van der Waals surface area contributed by atoms with Crippen LogP contribution in [-0.2, 0) is 18.8 Å². The summed E-state index contributed by atoms with van der Waals surface area (Å²) < 4.78 is 13.2. The van der Waals surface area contributed by atoms with Crippen molar-refractivity contribution >= 4 is 20.4 Å². The monoisotopic (exact) mass is 406 g/mol. The van der Waals surface area contributed by atoms with Crippen molar-refractivity contribution in [2.45, 2.75) is 103 Å². The van der Waals surface area contributed by atoms with Crippen LogP contribution in [0.15, 0.2) is 23.8 Å². The van der Waals surface area contributed by atoms with Gasteiger partial charge in [0.15, 0.2) is 14.1 Å². The molecule has 0 bridgehead atoms. The third-order valence-electron chi connectivity index (χ3n) is 7.40. The molecule has 1 saturated heterocycles. The number of aldehydes is 1. The molecule has 2 aliphatic rings. The summed E-state index contributed by atoms with van der Waals surface area (Å²) in [7, 11) is -1.67. The Kier molecular flexibility index (Phi) is 6.94. The van der Waals surface area contributed by atoms with Crippen molar-refractivity contribution in [1.82, 2.24) is 0 Å². The van der Waals surface area contributed by atoms with Gasteiger partial charge in [-0.1, -0.05) is 46.8 Å². The highest BCUT2D eigenvalue weighted by molar-refractivity contribution is 6.73. The average Bonchev–Trinajstić information content (AvgIpc) is 3.25. The molecule has 0 aromatic rings. The second-order valence-electron chi connectivity index (χ2n) is 9.41. The molecule has 4 nitrogen and oxygen atoms in total. The molecular weight excluding hydrogens is 368 g/mol. The number of rotatable bonds is 10. The zero-order valence-corrected chi connectivity index (χ0v) is 19.8. The Morgan fingerprint density at radius 2 is 1.71 bits per heavy atom. The summed E-state index contributed by atoms with van der Waals surface area (Å²) in [6.07, 6.45) is 7.83. The van der Waals surface area contributed by atoms with Gasteiger partial charge >= 0.3 is 0 Å². The largest absolute Gasteiger partial charge is 0.414 e. The first-order chi connectivity index (χ1) is 13.0. The van der Waals surface area contributed by atoms with Gasteiger partial charge in [-0.25, -0.2) is 0 Å². The highest BCUT2D eigenvalue weighted by Crippen LogP contribution is 2.67. The summed E-state index contributed by atoms with van der Waals surface area (Å²) in [4.78, 5) is 23.2. The van der Waals surface area contributed by atoms with E-state index in [4.69, 9.17) is 9.16 Å². The maximum Gasteiger partial charge on any atom is 0.192 e. The number of hydrogen-bond donors (Lipinski definition) is 0. The summed E-state index contributed by atoms with van der Waals surface area (Å²) in [6, 6.07) is 3.45. The van der Waals surface area contributed by atoms with E-state index in [1.165, 1.54) is 6.08 Å².